The van der Waals surface area contributed by atoms with Crippen LogP contribution in [0.1, 0.15) is 25.2 Å². The summed E-state index contributed by atoms with van der Waals surface area (Å²) in [6.45, 7) is 6.50. The van der Waals surface area contributed by atoms with Crippen molar-refractivity contribution in [2.75, 3.05) is 0 Å². The molecule has 0 unspecified atom stereocenters. The molecule has 0 saturated carbocycles. The molecule has 14 heavy (non-hydrogen) atoms. The van der Waals surface area contributed by atoms with Gasteiger partial charge in [-0.2, -0.15) is 0 Å². The molecule has 0 aliphatic heterocycles. The topological polar surface area (TPSA) is 45.8 Å². The van der Waals surface area contributed by atoms with Gasteiger partial charge in [-0.1, -0.05) is 0 Å². The molecule has 1 N–H and O–H groups in total. The van der Waals surface area contributed by atoms with Crippen molar-refractivity contribution in [2.45, 2.75) is 26.2 Å². The zero-order valence-electron chi connectivity index (χ0n) is 8.42. The number of H-pyrrole nitrogens is 1. The number of rotatable bonds is 0. The molecule has 74 valence electrons. The number of hydrogen-bond donors (Lipinski definition) is 1. The standard InChI is InChI=1S/C10H12N2OSe/c1-10(2,3)7-4-6-8(14-7)9(13)12-5-11-6/h4-5H,1-3H3,(H,11,12,13). The number of aromatic nitrogens is 2. The third kappa shape index (κ3) is 1.55. The Morgan fingerprint density at radius 3 is 2.71 bits per heavy atom. The van der Waals surface area contributed by atoms with E-state index >= 15 is 0 Å². The predicted molar refractivity (Wildman–Crippen MR) is 58.0 cm³/mol. The Hall–Kier alpha value is -0.861. The van der Waals surface area contributed by atoms with Gasteiger partial charge in [-0.3, -0.25) is 0 Å². The molecule has 2 rings (SSSR count). The van der Waals surface area contributed by atoms with Gasteiger partial charge in [0.1, 0.15) is 0 Å². The third-order valence-corrected chi connectivity index (χ3v) is 5.31. The van der Waals surface area contributed by atoms with Crippen LogP contribution >= 0.6 is 0 Å². The fourth-order valence-corrected chi connectivity index (χ4v) is 3.47. The molecule has 0 aliphatic rings. The number of nitrogens with one attached hydrogen (secondary N) is 1. The van der Waals surface area contributed by atoms with Crippen LogP contribution in [0, 0.1) is 0 Å². The molecule has 0 radical (unpaired) electrons. The van der Waals surface area contributed by atoms with Gasteiger partial charge in [0.2, 0.25) is 0 Å². The quantitative estimate of drug-likeness (QED) is 0.721. The average Bonchev–Trinajstić information content (AvgIpc) is 2.48. The van der Waals surface area contributed by atoms with E-state index in [1.54, 1.807) is 0 Å². The number of nitrogens with zero attached hydrogens (tertiary/aromatic N) is 1. The summed E-state index contributed by atoms with van der Waals surface area (Å²) < 4.78 is 2.20. The first-order valence-electron chi connectivity index (χ1n) is 4.46. The Balaban J connectivity index is 2.75. The second kappa shape index (κ2) is 3.07. The van der Waals surface area contributed by atoms with Crippen LogP contribution in [0.15, 0.2) is 17.2 Å². The van der Waals surface area contributed by atoms with E-state index in [1.807, 2.05) is 0 Å². The van der Waals surface area contributed by atoms with Gasteiger partial charge in [0.15, 0.2) is 0 Å². The van der Waals surface area contributed by atoms with Crippen molar-refractivity contribution in [3.05, 3.63) is 27.2 Å². The monoisotopic (exact) mass is 256 g/mol. The fraction of sp³-hybridized carbons (Fsp3) is 0.400. The van der Waals surface area contributed by atoms with Gasteiger partial charge in [-0.25, -0.2) is 0 Å². The van der Waals surface area contributed by atoms with Crippen molar-refractivity contribution in [3.8, 4) is 0 Å². The van der Waals surface area contributed by atoms with Gasteiger partial charge >= 0.3 is 87.6 Å². The van der Waals surface area contributed by atoms with E-state index in [-0.39, 0.29) is 25.5 Å². The summed E-state index contributed by atoms with van der Waals surface area (Å²) >= 11 is 0.148. The average molecular weight is 255 g/mol. The molecule has 0 amide bonds. The van der Waals surface area contributed by atoms with E-state index in [1.165, 1.54) is 10.8 Å². The van der Waals surface area contributed by atoms with E-state index < -0.39 is 0 Å². The minimum absolute atomic E-state index is 0.0190. The second-order valence-corrected chi connectivity index (χ2v) is 6.51. The summed E-state index contributed by atoms with van der Waals surface area (Å²) in [6, 6.07) is 2.06. The van der Waals surface area contributed by atoms with Gasteiger partial charge in [-0.15, -0.1) is 0 Å². The van der Waals surface area contributed by atoms with E-state index in [0.717, 1.165) is 9.78 Å². The zero-order valence-corrected chi connectivity index (χ0v) is 10.1. The van der Waals surface area contributed by atoms with Gasteiger partial charge in [-0.05, 0) is 0 Å². The van der Waals surface area contributed by atoms with Crippen molar-refractivity contribution < 1.29 is 0 Å². The minimum atomic E-state index is 0.0190. The molecule has 0 saturated heterocycles. The van der Waals surface area contributed by atoms with Crippen LogP contribution in [0.2, 0.25) is 0 Å². The molecule has 0 bridgehead atoms. The number of fused-ring (bicyclic) bond motifs is 1. The maximum absolute atomic E-state index is 11.5. The Bertz CT molecular complexity index is 519. The summed E-state index contributed by atoms with van der Waals surface area (Å²) in [5, 5.41) is 0. The van der Waals surface area contributed by atoms with Crippen molar-refractivity contribution in [3.63, 3.8) is 0 Å². The Morgan fingerprint density at radius 2 is 2.14 bits per heavy atom. The number of hydrogen-bond acceptors (Lipinski definition) is 2. The second-order valence-electron chi connectivity index (χ2n) is 4.31. The first kappa shape index (κ1) is 9.69. The first-order chi connectivity index (χ1) is 6.48. The maximum atomic E-state index is 11.5. The molecule has 0 aromatic carbocycles. The third-order valence-electron chi connectivity index (χ3n) is 2.06. The van der Waals surface area contributed by atoms with Gasteiger partial charge < -0.3 is 0 Å². The van der Waals surface area contributed by atoms with Crippen LogP contribution in [-0.4, -0.2) is 24.5 Å². The van der Waals surface area contributed by atoms with E-state index in [4.69, 9.17) is 0 Å². The Kier molecular flexibility index (Phi) is 2.13. The molecule has 0 fully saturated rings. The molecule has 2 aromatic heterocycles. The molecule has 3 nitrogen and oxygen atoms in total. The van der Waals surface area contributed by atoms with Crippen LogP contribution in [-0.2, 0) is 5.41 Å². The summed E-state index contributed by atoms with van der Waals surface area (Å²) in [4.78, 5) is 18.3. The van der Waals surface area contributed by atoms with Crippen LogP contribution in [0.25, 0.3) is 9.78 Å². The molecule has 0 aliphatic carbocycles. The molecule has 0 atom stereocenters. The van der Waals surface area contributed by atoms with Crippen LogP contribution in [0.3, 0.4) is 0 Å². The Morgan fingerprint density at radius 1 is 1.43 bits per heavy atom. The van der Waals surface area contributed by atoms with Crippen molar-refractivity contribution >= 4 is 24.3 Å². The zero-order chi connectivity index (χ0) is 10.3. The summed E-state index contributed by atoms with van der Waals surface area (Å²) in [5.74, 6) is 0. The molecular formula is C10H12N2OSe. The SMILES string of the molecule is CC(C)(C)c1cc2nc[nH]c(=O)c2[se]1. The van der Waals surface area contributed by atoms with E-state index in [0.29, 0.717) is 0 Å². The molecule has 2 aromatic rings. The number of aromatic amines is 1. The van der Waals surface area contributed by atoms with Crippen molar-refractivity contribution in [1.29, 1.82) is 0 Å². The van der Waals surface area contributed by atoms with Gasteiger partial charge in [0, 0.05) is 0 Å². The Labute approximate surface area is 87.9 Å². The van der Waals surface area contributed by atoms with Crippen molar-refractivity contribution in [1.82, 2.24) is 9.97 Å². The van der Waals surface area contributed by atoms with Gasteiger partial charge in [0.25, 0.3) is 0 Å². The predicted octanol–water partition coefficient (Wildman–Crippen LogP) is 1.28. The van der Waals surface area contributed by atoms with Gasteiger partial charge in [0.05, 0.1) is 0 Å². The van der Waals surface area contributed by atoms with Crippen LogP contribution in [0.4, 0.5) is 0 Å². The normalized spacial score (nSPS) is 12.2. The summed E-state index contributed by atoms with van der Waals surface area (Å²) in [6.07, 6.45) is 1.47. The van der Waals surface area contributed by atoms with Crippen LogP contribution in [0.5, 0.6) is 0 Å². The first-order valence-corrected chi connectivity index (χ1v) is 6.17. The summed E-state index contributed by atoms with van der Waals surface area (Å²) in [7, 11) is 0. The van der Waals surface area contributed by atoms with Crippen molar-refractivity contribution in [2.24, 2.45) is 0 Å². The molecule has 2 heterocycles. The molecule has 0 spiro atoms. The van der Waals surface area contributed by atoms with E-state index in [2.05, 4.69) is 36.8 Å². The van der Waals surface area contributed by atoms with E-state index in [9.17, 15) is 4.79 Å². The van der Waals surface area contributed by atoms with Crippen LogP contribution < -0.4 is 5.56 Å². The molecule has 4 heteroatoms. The fourth-order valence-electron chi connectivity index (χ4n) is 1.24. The summed E-state index contributed by atoms with van der Waals surface area (Å²) in [5.41, 5.74) is 1.02. The molecular weight excluding hydrogens is 243 g/mol.